The smallest absolute Gasteiger partial charge is 0.249 e. The summed E-state index contributed by atoms with van der Waals surface area (Å²) < 4.78 is 4.89. The van der Waals surface area contributed by atoms with Gasteiger partial charge in [-0.05, 0) is 24.8 Å². The Bertz CT molecular complexity index is 258. The number of amides is 1. The van der Waals surface area contributed by atoms with Gasteiger partial charge in [-0.1, -0.05) is 19.9 Å². The Morgan fingerprint density at radius 2 is 2.33 bits per heavy atom. The molecule has 0 aromatic heterocycles. The number of rotatable bonds is 3. The number of hydrogen-bond acceptors (Lipinski definition) is 2. The van der Waals surface area contributed by atoms with Crippen LogP contribution in [-0.2, 0) is 9.53 Å². The van der Waals surface area contributed by atoms with E-state index in [9.17, 15) is 4.79 Å². The van der Waals surface area contributed by atoms with Gasteiger partial charge >= 0.3 is 0 Å². The van der Waals surface area contributed by atoms with E-state index in [1.165, 1.54) is 5.57 Å². The van der Waals surface area contributed by atoms with Crippen molar-refractivity contribution in [1.29, 1.82) is 0 Å². The first kappa shape index (κ1) is 12.2. The van der Waals surface area contributed by atoms with E-state index in [1.807, 2.05) is 4.90 Å². The molecule has 0 bridgehead atoms. The summed E-state index contributed by atoms with van der Waals surface area (Å²) in [6, 6.07) is 0.224. The normalized spacial score (nSPS) is 21.8. The van der Waals surface area contributed by atoms with E-state index < -0.39 is 0 Å². The summed E-state index contributed by atoms with van der Waals surface area (Å²) in [5, 5.41) is 0. The Hall–Kier alpha value is -0.830. The number of carbonyl (C=O) groups excluding carboxylic acids is 1. The molecule has 1 atom stereocenters. The molecule has 1 unspecified atom stereocenters. The highest BCUT2D eigenvalue weighted by Crippen LogP contribution is 2.24. The fourth-order valence-electron chi connectivity index (χ4n) is 2.18. The highest BCUT2D eigenvalue weighted by molar-refractivity contribution is 5.78. The summed E-state index contributed by atoms with van der Waals surface area (Å²) in [6.45, 7) is 7.45. The molecule has 1 rings (SSSR count). The van der Waals surface area contributed by atoms with Crippen LogP contribution >= 0.6 is 0 Å². The third-order valence-corrected chi connectivity index (χ3v) is 2.95. The van der Waals surface area contributed by atoms with Crippen molar-refractivity contribution in [3.8, 4) is 0 Å². The maximum absolute atomic E-state index is 11.8. The fraction of sp³-hybridized carbons (Fsp3) is 0.750. The molecule has 1 aliphatic heterocycles. The summed E-state index contributed by atoms with van der Waals surface area (Å²) >= 11 is 0. The molecule has 1 amide bonds. The van der Waals surface area contributed by atoms with E-state index in [-0.39, 0.29) is 18.6 Å². The number of nitrogens with zero attached hydrogens (tertiary/aromatic N) is 1. The maximum atomic E-state index is 11.8. The fourth-order valence-corrected chi connectivity index (χ4v) is 2.18. The minimum absolute atomic E-state index is 0.0938. The molecule has 3 heteroatoms. The molecule has 1 aliphatic rings. The quantitative estimate of drug-likeness (QED) is 0.667. The number of ether oxygens (including phenoxy) is 1. The zero-order chi connectivity index (χ0) is 11.4. The molecule has 0 fully saturated rings. The molecule has 0 N–H and O–H groups in total. The first-order valence-electron chi connectivity index (χ1n) is 5.56. The minimum Gasteiger partial charge on any atom is -0.375 e. The molecule has 0 saturated carbocycles. The Balaban J connectivity index is 2.71. The van der Waals surface area contributed by atoms with Gasteiger partial charge in [-0.2, -0.15) is 0 Å². The van der Waals surface area contributed by atoms with Crippen LogP contribution in [0.4, 0.5) is 0 Å². The van der Waals surface area contributed by atoms with Crippen molar-refractivity contribution < 1.29 is 9.53 Å². The Morgan fingerprint density at radius 1 is 1.67 bits per heavy atom. The van der Waals surface area contributed by atoms with Gasteiger partial charge in [0, 0.05) is 13.7 Å². The van der Waals surface area contributed by atoms with Gasteiger partial charge in [-0.15, -0.1) is 0 Å². The highest BCUT2D eigenvalue weighted by atomic mass is 16.5. The summed E-state index contributed by atoms with van der Waals surface area (Å²) in [7, 11) is 1.56. The Labute approximate surface area is 92.1 Å². The lowest BCUT2D eigenvalue weighted by atomic mass is 9.91. The van der Waals surface area contributed by atoms with E-state index in [1.54, 1.807) is 7.11 Å². The molecule has 0 saturated heterocycles. The molecule has 0 spiro atoms. The average molecular weight is 211 g/mol. The third-order valence-electron chi connectivity index (χ3n) is 2.95. The van der Waals surface area contributed by atoms with E-state index in [4.69, 9.17) is 4.74 Å². The van der Waals surface area contributed by atoms with Crippen molar-refractivity contribution in [1.82, 2.24) is 4.90 Å². The third kappa shape index (κ3) is 2.81. The largest absolute Gasteiger partial charge is 0.375 e. The molecule has 86 valence electrons. The highest BCUT2D eigenvalue weighted by Gasteiger charge is 2.26. The van der Waals surface area contributed by atoms with Crippen LogP contribution in [0, 0.1) is 5.92 Å². The Morgan fingerprint density at radius 3 is 2.87 bits per heavy atom. The van der Waals surface area contributed by atoms with Crippen LogP contribution in [0.5, 0.6) is 0 Å². The van der Waals surface area contributed by atoms with E-state index >= 15 is 0 Å². The summed E-state index contributed by atoms with van der Waals surface area (Å²) in [6.07, 6.45) is 3.24. The summed E-state index contributed by atoms with van der Waals surface area (Å²) in [5.41, 5.74) is 1.37. The van der Waals surface area contributed by atoms with Crippen LogP contribution < -0.4 is 0 Å². The standard InChI is InChI=1S/C12H21NO2/c1-9(2)11-6-5-7-13(10(11)3)12(14)8-15-4/h6,9-10H,5,7-8H2,1-4H3. The van der Waals surface area contributed by atoms with Crippen molar-refractivity contribution in [3.63, 3.8) is 0 Å². The zero-order valence-electron chi connectivity index (χ0n) is 10.1. The first-order chi connectivity index (χ1) is 7.07. The van der Waals surface area contributed by atoms with Crippen molar-refractivity contribution in [2.75, 3.05) is 20.3 Å². The molecule has 0 aromatic rings. The second-order valence-corrected chi connectivity index (χ2v) is 4.34. The maximum Gasteiger partial charge on any atom is 0.249 e. The van der Waals surface area contributed by atoms with Crippen LogP contribution in [0.25, 0.3) is 0 Å². The van der Waals surface area contributed by atoms with Crippen LogP contribution in [0.2, 0.25) is 0 Å². The van der Waals surface area contributed by atoms with Crippen LogP contribution in [0.1, 0.15) is 27.2 Å². The second kappa shape index (κ2) is 5.31. The SMILES string of the molecule is COCC(=O)N1CCC=C(C(C)C)C1C. The number of hydrogen-bond donors (Lipinski definition) is 0. The second-order valence-electron chi connectivity index (χ2n) is 4.34. The van der Waals surface area contributed by atoms with Gasteiger partial charge in [0.05, 0.1) is 6.04 Å². The van der Waals surface area contributed by atoms with Gasteiger partial charge in [0.2, 0.25) is 5.91 Å². The lowest BCUT2D eigenvalue weighted by Crippen LogP contribution is -2.45. The van der Waals surface area contributed by atoms with Crippen molar-refractivity contribution in [2.45, 2.75) is 33.2 Å². The minimum atomic E-state index is 0.0938. The topological polar surface area (TPSA) is 29.5 Å². The van der Waals surface area contributed by atoms with Crippen molar-refractivity contribution in [2.24, 2.45) is 5.92 Å². The van der Waals surface area contributed by atoms with Gasteiger partial charge in [0.25, 0.3) is 0 Å². The van der Waals surface area contributed by atoms with Gasteiger partial charge in [0.15, 0.2) is 0 Å². The summed E-state index contributed by atoms with van der Waals surface area (Å²) in [5.74, 6) is 0.606. The molecule has 3 nitrogen and oxygen atoms in total. The first-order valence-corrected chi connectivity index (χ1v) is 5.56. The predicted octanol–water partition coefficient (Wildman–Crippen LogP) is 1.84. The average Bonchev–Trinajstić information content (AvgIpc) is 2.17. The lowest BCUT2D eigenvalue weighted by molar-refractivity contribution is -0.136. The molecular formula is C12H21NO2. The van der Waals surface area contributed by atoms with Crippen LogP contribution in [0.3, 0.4) is 0 Å². The van der Waals surface area contributed by atoms with Gasteiger partial charge in [-0.3, -0.25) is 4.79 Å². The van der Waals surface area contributed by atoms with Crippen LogP contribution in [0.15, 0.2) is 11.6 Å². The molecular weight excluding hydrogens is 190 g/mol. The number of carbonyl (C=O) groups is 1. The molecule has 0 aromatic carbocycles. The monoisotopic (exact) mass is 211 g/mol. The van der Waals surface area contributed by atoms with Crippen molar-refractivity contribution >= 4 is 5.91 Å². The van der Waals surface area contributed by atoms with Gasteiger partial charge in [0.1, 0.15) is 6.61 Å². The molecule has 0 radical (unpaired) electrons. The zero-order valence-corrected chi connectivity index (χ0v) is 10.1. The summed E-state index contributed by atoms with van der Waals surface area (Å²) in [4.78, 5) is 13.7. The van der Waals surface area contributed by atoms with E-state index in [0.717, 1.165) is 13.0 Å². The Kier molecular flexibility index (Phi) is 4.33. The molecule has 15 heavy (non-hydrogen) atoms. The predicted molar refractivity (Wildman–Crippen MR) is 60.6 cm³/mol. The van der Waals surface area contributed by atoms with Gasteiger partial charge < -0.3 is 9.64 Å². The van der Waals surface area contributed by atoms with Crippen molar-refractivity contribution in [3.05, 3.63) is 11.6 Å². The number of methoxy groups -OCH3 is 1. The van der Waals surface area contributed by atoms with Crippen LogP contribution in [-0.4, -0.2) is 37.1 Å². The van der Waals surface area contributed by atoms with E-state index in [0.29, 0.717) is 5.92 Å². The molecule has 0 aliphatic carbocycles. The molecule has 1 heterocycles. The lowest BCUT2D eigenvalue weighted by Gasteiger charge is -2.35. The van der Waals surface area contributed by atoms with E-state index in [2.05, 4.69) is 26.8 Å². The van der Waals surface area contributed by atoms with Gasteiger partial charge in [-0.25, -0.2) is 0 Å².